The number of nitrogens with zero attached hydrogens (tertiary/aromatic N) is 1. The molecule has 1 aromatic rings. The van der Waals surface area contributed by atoms with Crippen molar-refractivity contribution in [1.29, 1.82) is 0 Å². The number of hydrogen-bond acceptors (Lipinski definition) is 3. The minimum absolute atomic E-state index is 0.252. The molecule has 3 N–H and O–H groups in total. The highest BCUT2D eigenvalue weighted by Gasteiger charge is 2.26. The molecule has 1 aliphatic rings. The lowest BCUT2D eigenvalue weighted by molar-refractivity contribution is 0.0369. The highest BCUT2D eigenvalue weighted by molar-refractivity contribution is 5.94. The minimum Gasteiger partial charge on any atom is -0.399 e. The summed E-state index contributed by atoms with van der Waals surface area (Å²) >= 11 is 0. The first-order valence-corrected chi connectivity index (χ1v) is 6.63. The predicted molar refractivity (Wildman–Crippen MR) is 72.9 cm³/mol. The van der Waals surface area contributed by atoms with E-state index in [-0.39, 0.29) is 17.2 Å². The van der Waals surface area contributed by atoms with Crippen molar-refractivity contribution < 1.29 is 9.18 Å². The average Bonchev–Trinajstić information content (AvgIpc) is 2.32. The Bertz CT molecular complexity index is 448. The lowest BCUT2D eigenvalue weighted by Gasteiger charge is -2.38. The van der Waals surface area contributed by atoms with E-state index in [2.05, 4.69) is 19.3 Å². The zero-order chi connectivity index (χ0) is 14.0. The van der Waals surface area contributed by atoms with E-state index in [1.807, 2.05) is 5.01 Å². The van der Waals surface area contributed by atoms with Crippen LogP contribution in [0, 0.1) is 5.82 Å². The van der Waals surface area contributed by atoms with Crippen molar-refractivity contribution in [3.8, 4) is 0 Å². The zero-order valence-electron chi connectivity index (χ0n) is 11.3. The first kappa shape index (κ1) is 13.8. The molecule has 0 aromatic heterocycles. The molecular weight excluding hydrogens is 245 g/mol. The third-order valence-electron chi connectivity index (χ3n) is 3.61. The summed E-state index contributed by atoms with van der Waals surface area (Å²) in [7, 11) is 0. The van der Waals surface area contributed by atoms with Crippen LogP contribution in [0.15, 0.2) is 18.2 Å². The summed E-state index contributed by atoms with van der Waals surface area (Å²) in [6.07, 6.45) is 3.27. The number of nitrogen functional groups attached to an aromatic ring is 1. The van der Waals surface area contributed by atoms with Crippen molar-refractivity contribution >= 4 is 11.6 Å². The van der Waals surface area contributed by atoms with Crippen LogP contribution >= 0.6 is 0 Å². The van der Waals surface area contributed by atoms with Gasteiger partial charge in [0.1, 0.15) is 5.82 Å². The molecule has 0 radical (unpaired) electrons. The largest absolute Gasteiger partial charge is 0.399 e. The van der Waals surface area contributed by atoms with Gasteiger partial charge in [-0.25, -0.2) is 9.40 Å². The summed E-state index contributed by atoms with van der Waals surface area (Å²) < 4.78 is 13.2. The Hall–Kier alpha value is -1.62. The Morgan fingerprint density at radius 3 is 2.53 bits per heavy atom. The molecule has 2 unspecified atom stereocenters. The van der Waals surface area contributed by atoms with Crippen molar-refractivity contribution in [2.45, 2.75) is 45.2 Å². The molecule has 1 aliphatic heterocycles. The third kappa shape index (κ3) is 3.23. The van der Waals surface area contributed by atoms with E-state index in [0.29, 0.717) is 12.1 Å². The topological polar surface area (TPSA) is 58.4 Å². The number of carbonyl (C=O) groups is 1. The molecule has 2 atom stereocenters. The Morgan fingerprint density at radius 1 is 1.32 bits per heavy atom. The summed E-state index contributed by atoms with van der Waals surface area (Å²) in [6.45, 7) is 4.16. The van der Waals surface area contributed by atoms with Gasteiger partial charge in [0.05, 0.1) is 0 Å². The lowest BCUT2D eigenvalue weighted by atomic mass is 10.00. The van der Waals surface area contributed by atoms with E-state index in [1.54, 1.807) is 0 Å². The smallest absolute Gasteiger partial charge is 0.265 e. The van der Waals surface area contributed by atoms with E-state index < -0.39 is 5.82 Å². The van der Waals surface area contributed by atoms with E-state index in [9.17, 15) is 9.18 Å². The molecule has 0 spiro atoms. The molecule has 19 heavy (non-hydrogen) atoms. The summed E-state index contributed by atoms with van der Waals surface area (Å²) in [4.78, 5) is 12.1. The van der Waals surface area contributed by atoms with Crippen LogP contribution in [0.1, 0.15) is 43.5 Å². The van der Waals surface area contributed by atoms with Crippen molar-refractivity contribution in [2.24, 2.45) is 0 Å². The van der Waals surface area contributed by atoms with E-state index in [0.717, 1.165) is 12.8 Å². The molecule has 1 saturated heterocycles. The normalized spacial score (nSPS) is 24.2. The summed E-state index contributed by atoms with van der Waals surface area (Å²) in [5, 5.41) is 1.95. The maximum Gasteiger partial charge on any atom is 0.265 e. The summed E-state index contributed by atoms with van der Waals surface area (Å²) in [5.41, 5.74) is 8.92. The van der Waals surface area contributed by atoms with Crippen LogP contribution in [0.5, 0.6) is 0 Å². The second-order valence-electron chi connectivity index (χ2n) is 5.25. The van der Waals surface area contributed by atoms with Gasteiger partial charge < -0.3 is 5.73 Å². The number of hydrogen-bond donors (Lipinski definition) is 2. The molecule has 4 nitrogen and oxygen atoms in total. The number of amides is 1. The van der Waals surface area contributed by atoms with Crippen LogP contribution in [-0.4, -0.2) is 23.0 Å². The van der Waals surface area contributed by atoms with E-state index >= 15 is 0 Å². The quantitative estimate of drug-likeness (QED) is 0.807. The van der Waals surface area contributed by atoms with Crippen LogP contribution in [0.3, 0.4) is 0 Å². The number of rotatable bonds is 2. The first-order chi connectivity index (χ1) is 8.97. The van der Waals surface area contributed by atoms with Gasteiger partial charge in [-0.1, -0.05) is 6.42 Å². The van der Waals surface area contributed by atoms with Crippen molar-refractivity contribution in [3.05, 3.63) is 29.6 Å². The maximum atomic E-state index is 13.2. The number of anilines is 1. The maximum absolute atomic E-state index is 13.2. The Kier molecular flexibility index (Phi) is 4.04. The van der Waals surface area contributed by atoms with Gasteiger partial charge in [-0.05, 0) is 44.9 Å². The highest BCUT2D eigenvalue weighted by atomic mass is 19.1. The standard InChI is InChI=1S/C14H20FN3O/c1-9-4-3-5-10(2)18(9)17-14(19)11-6-12(15)8-13(16)7-11/h6-10H,3-5,16H2,1-2H3,(H,17,19). The SMILES string of the molecule is CC1CCCC(C)N1NC(=O)c1cc(N)cc(F)c1. The van der Waals surface area contributed by atoms with Gasteiger partial charge in [0, 0.05) is 23.3 Å². The van der Waals surface area contributed by atoms with Gasteiger partial charge in [0.25, 0.3) is 5.91 Å². The third-order valence-corrected chi connectivity index (χ3v) is 3.61. The number of nitrogens with two attached hydrogens (primary N) is 1. The number of benzene rings is 1. The monoisotopic (exact) mass is 265 g/mol. The molecule has 0 aliphatic carbocycles. The average molecular weight is 265 g/mol. The number of hydrazine groups is 1. The fourth-order valence-corrected chi connectivity index (χ4v) is 2.57. The molecule has 1 aromatic carbocycles. The number of nitrogens with one attached hydrogen (secondary N) is 1. The van der Waals surface area contributed by atoms with E-state index in [1.165, 1.54) is 24.6 Å². The minimum atomic E-state index is -0.495. The molecule has 1 amide bonds. The second-order valence-corrected chi connectivity index (χ2v) is 5.25. The molecule has 2 rings (SSSR count). The number of piperidine rings is 1. The van der Waals surface area contributed by atoms with Gasteiger partial charge in [-0.15, -0.1) is 0 Å². The molecule has 0 bridgehead atoms. The first-order valence-electron chi connectivity index (χ1n) is 6.63. The second kappa shape index (κ2) is 5.57. The summed E-state index contributed by atoms with van der Waals surface area (Å²) in [6, 6.07) is 4.46. The van der Waals surface area contributed by atoms with Crippen LogP contribution in [0.2, 0.25) is 0 Å². The van der Waals surface area contributed by atoms with Crippen LogP contribution in [0.25, 0.3) is 0 Å². The Morgan fingerprint density at radius 2 is 1.95 bits per heavy atom. The van der Waals surface area contributed by atoms with Gasteiger partial charge >= 0.3 is 0 Å². The predicted octanol–water partition coefficient (Wildman–Crippen LogP) is 2.32. The van der Waals surface area contributed by atoms with Crippen LogP contribution in [0.4, 0.5) is 10.1 Å². The van der Waals surface area contributed by atoms with Crippen LogP contribution in [-0.2, 0) is 0 Å². The lowest BCUT2D eigenvalue weighted by Crippen LogP contribution is -2.54. The fourth-order valence-electron chi connectivity index (χ4n) is 2.57. The highest BCUT2D eigenvalue weighted by Crippen LogP contribution is 2.20. The van der Waals surface area contributed by atoms with Gasteiger partial charge in [-0.3, -0.25) is 10.2 Å². The zero-order valence-corrected chi connectivity index (χ0v) is 11.3. The molecule has 104 valence electrons. The van der Waals surface area contributed by atoms with Gasteiger partial charge in [-0.2, -0.15) is 0 Å². The molecule has 0 saturated carbocycles. The fraction of sp³-hybridized carbons (Fsp3) is 0.500. The molecule has 1 heterocycles. The van der Waals surface area contributed by atoms with Crippen LogP contribution < -0.4 is 11.2 Å². The van der Waals surface area contributed by atoms with Crippen molar-refractivity contribution in [3.63, 3.8) is 0 Å². The van der Waals surface area contributed by atoms with Gasteiger partial charge in [0.2, 0.25) is 0 Å². The molecule has 1 fully saturated rings. The Balaban J connectivity index is 2.11. The molecular formula is C14H20FN3O. The Labute approximate surface area is 112 Å². The van der Waals surface area contributed by atoms with E-state index in [4.69, 9.17) is 5.73 Å². The number of halogens is 1. The molecule has 5 heteroatoms. The van der Waals surface area contributed by atoms with Crippen molar-refractivity contribution in [2.75, 3.05) is 5.73 Å². The van der Waals surface area contributed by atoms with Crippen molar-refractivity contribution in [1.82, 2.24) is 10.4 Å². The van der Waals surface area contributed by atoms with Gasteiger partial charge in [0.15, 0.2) is 0 Å². The summed E-state index contributed by atoms with van der Waals surface area (Å²) in [5.74, 6) is -0.809. The number of carbonyl (C=O) groups excluding carboxylic acids is 1.